The lowest BCUT2D eigenvalue weighted by Gasteiger charge is -2.20. The summed E-state index contributed by atoms with van der Waals surface area (Å²) in [5, 5.41) is 3.52. The van der Waals surface area contributed by atoms with Crippen LogP contribution in [-0.2, 0) is 12.7 Å². The van der Waals surface area contributed by atoms with Crippen LogP contribution in [0.5, 0.6) is 0 Å². The molecule has 2 aromatic heterocycles. The molecule has 0 bridgehead atoms. The molecule has 0 amide bonds. The molecule has 2 heterocycles. The fraction of sp³-hybridized carbons (Fsp3) is 0.312. The summed E-state index contributed by atoms with van der Waals surface area (Å²) >= 11 is 0. The third-order valence-corrected chi connectivity index (χ3v) is 3.72. The van der Waals surface area contributed by atoms with Crippen LogP contribution in [0.25, 0.3) is 5.78 Å². The van der Waals surface area contributed by atoms with Crippen molar-refractivity contribution in [1.82, 2.24) is 19.6 Å². The number of nitrogens with zero attached hydrogens (tertiary/aromatic N) is 5. The summed E-state index contributed by atoms with van der Waals surface area (Å²) in [7, 11) is 1.68. The summed E-state index contributed by atoms with van der Waals surface area (Å²) in [6, 6.07) is 6.43. The number of benzene rings is 1. The Balaban J connectivity index is 2.01. The first-order chi connectivity index (χ1) is 11.6. The molecule has 1 aromatic carbocycles. The van der Waals surface area contributed by atoms with Gasteiger partial charge in [0, 0.05) is 25.4 Å². The van der Waals surface area contributed by atoms with Crippen molar-refractivity contribution in [3.8, 4) is 0 Å². The lowest BCUT2D eigenvalue weighted by Crippen LogP contribution is -2.20. The predicted molar refractivity (Wildman–Crippen MR) is 83.8 cm³/mol. The lowest BCUT2D eigenvalue weighted by atomic mass is 10.1. The molecular formula is C16H15F4N5. The van der Waals surface area contributed by atoms with E-state index in [0.717, 1.165) is 4.52 Å². The summed E-state index contributed by atoms with van der Waals surface area (Å²) in [6.45, 7) is 3.61. The van der Waals surface area contributed by atoms with E-state index in [1.807, 2.05) is 0 Å². The Morgan fingerprint density at radius 2 is 1.84 bits per heavy atom. The van der Waals surface area contributed by atoms with Crippen molar-refractivity contribution in [2.24, 2.45) is 0 Å². The van der Waals surface area contributed by atoms with Gasteiger partial charge in [-0.2, -0.15) is 22.7 Å². The van der Waals surface area contributed by atoms with Crippen LogP contribution < -0.4 is 4.90 Å². The molecule has 3 aromatic rings. The van der Waals surface area contributed by atoms with Crippen molar-refractivity contribution in [2.75, 3.05) is 11.9 Å². The maximum Gasteiger partial charge on any atom is 0.453 e. The minimum absolute atomic E-state index is 0.135. The van der Waals surface area contributed by atoms with Gasteiger partial charge in [0.2, 0.25) is 0 Å². The fourth-order valence-electron chi connectivity index (χ4n) is 2.45. The summed E-state index contributed by atoms with van der Waals surface area (Å²) < 4.78 is 53.3. The number of fused-ring (bicyclic) bond motifs is 1. The zero-order valence-corrected chi connectivity index (χ0v) is 13.8. The molecule has 0 spiro atoms. The number of halogens is 4. The van der Waals surface area contributed by atoms with E-state index in [9.17, 15) is 17.6 Å². The van der Waals surface area contributed by atoms with E-state index >= 15 is 0 Å². The van der Waals surface area contributed by atoms with E-state index in [1.165, 1.54) is 6.07 Å². The summed E-state index contributed by atoms with van der Waals surface area (Å²) in [6.07, 6.45) is -4.66. The van der Waals surface area contributed by atoms with Crippen LogP contribution in [0.15, 0.2) is 24.3 Å². The summed E-state index contributed by atoms with van der Waals surface area (Å²) in [5.41, 5.74) is 1.72. The standard InChI is InChI=1S/C16H15F4N5/c1-9-4-5-11(7-12(9)17)8-24(3)13-6-10(2)21-15-22-14(16(18,19)20)23-25(13)15/h4-7H,8H2,1-3H3. The Bertz CT molecular complexity index is 932. The largest absolute Gasteiger partial charge is 0.453 e. The zero-order chi connectivity index (χ0) is 18.4. The van der Waals surface area contributed by atoms with Gasteiger partial charge in [0.15, 0.2) is 0 Å². The third kappa shape index (κ3) is 3.40. The van der Waals surface area contributed by atoms with E-state index in [0.29, 0.717) is 22.6 Å². The minimum Gasteiger partial charge on any atom is -0.355 e. The monoisotopic (exact) mass is 353 g/mol. The van der Waals surface area contributed by atoms with Gasteiger partial charge in [0.25, 0.3) is 11.6 Å². The second-order valence-corrected chi connectivity index (χ2v) is 5.84. The molecule has 0 N–H and O–H groups in total. The molecule has 0 saturated carbocycles. The maximum absolute atomic E-state index is 13.7. The highest BCUT2D eigenvalue weighted by atomic mass is 19.4. The highest BCUT2D eigenvalue weighted by Crippen LogP contribution is 2.28. The highest BCUT2D eigenvalue weighted by Gasteiger charge is 2.37. The molecule has 0 unspecified atom stereocenters. The SMILES string of the molecule is Cc1cc(N(C)Cc2ccc(C)c(F)c2)n2nc(C(F)(F)F)nc2n1. The number of hydrogen-bond acceptors (Lipinski definition) is 4. The van der Waals surface area contributed by atoms with Crippen LogP contribution in [-0.4, -0.2) is 26.6 Å². The van der Waals surface area contributed by atoms with Gasteiger partial charge in [-0.15, -0.1) is 5.10 Å². The second kappa shape index (κ2) is 5.98. The quantitative estimate of drug-likeness (QED) is 0.676. The molecule has 0 aliphatic carbocycles. The van der Waals surface area contributed by atoms with Gasteiger partial charge in [-0.25, -0.2) is 9.37 Å². The van der Waals surface area contributed by atoms with Gasteiger partial charge in [-0.1, -0.05) is 12.1 Å². The Morgan fingerprint density at radius 1 is 1.12 bits per heavy atom. The van der Waals surface area contributed by atoms with Crippen LogP contribution in [0.3, 0.4) is 0 Å². The van der Waals surface area contributed by atoms with Crippen LogP contribution in [0.4, 0.5) is 23.4 Å². The van der Waals surface area contributed by atoms with Crippen molar-refractivity contribution in [3.05, 3.63) is 52.7 Å². The topological polar surface area (TPSA) is 46.3 Å². The molecule has 0 aliphatic rings. The normalized spacial score (nSPS) is 12.0. The number of aromatic nitrogens is 4. The van der Waals surface area contributed by atoms with E-state index in [-0.39, 0.29) is 18.1 Å². The van der Waals surface area contributed by atoms with Crippen molar-refractivity contribution < 1.29 is 17.6 Å². The molecule has 25 heavy (non-hydrogen) atoms. The number of anilines is 1. The van der Waals surface area contributed by atoms with Crippen LogP contribution >= 0.6 is 0 Å². The molecule has 0 aliphatic heterocycles. The Hall–Kier alpha value is -2.71. The van der Waals surface area contributed by atoms with Gasteiger partial charge >= 0.3 is 6.18 Å². The first-order valence-electron chi connectivity index (χ1n) is 7.43. The number of hydrogen-bond donors (Lipinski definition) is 0. The van der Waals surface area contributed by atoms with Gasteiger partial charge in [-0.3, -0.25) is 0 Å². The molecular weight excluding hydrogens is 338 g/mol. The van der Waals surface area contributed by atoms with Crippen molar-refractivity contribution in [3.63, 3.8) is 0 Å². The van der Waals surface area contributed by atoms with Crippen LogP contribution in [0.2, 0.25) is 0 Å². The molecule has 0 fully saturated rings. The molecule has 132 valence electrons. The van der Waals surface area contributed by atoms with E-state index in [2.05, 4.69) is 15.1 Å². The Morgan fingerprint density at radius 3 is 2.48 bits per heavy atom. The number of alkyl halides is 3. The smallest absolute Gasteiger partial charge is 0.355 e. The van der Waals surface area contributed by atoms with Gasteiger partial charge in [0.1, 0.15) is 11.6 Å². The van der Waals surface area contributed by atoms with Crippen LogP contribution in [0, 0.1) is 19.7 Å². The highest BCUT2D eigenvalue weighted by molar-refractivity contribution is 5.47. The van der Waals surface area contributed by atoms with E-state index in [1.54, 1.807) is 44.0 Å². The molecule has 5 nitrogen and oxygen atoms in total. The van der Waals surface area contributed by atoms with Crippen molar-refractivity contribution in [2.45, 2.75) is 26.6 Å². The summed E-state index contributed by atoms with van der Waals surface area (Å²) in [4.78, 5) is 9.11. The van der Waals surface area contributed by atoms with E-state index in [4.69, 9.17) is 0 Å². The van der Waals surface area contributed by atoms with E-state index < -0.39 is 12.0 Å². The zero-order valence-electron chi connectivity index (χ0n) is 13.8. The second-order valence-electron chi connectivity index (χ2n) is 5.84. The first kappa shape index (κ1) is 17.1. The molecule has 9 heteroatoms. The van der Waals surface area contributed by atoms with Gasteiger partial charge < -0.3 is 4.90 Å². The number of aryl methyl sites for hydroxylation is 2. The fourth-order valence-corrected chi connectivity index (χ4v) is 2.45. The molecule has 0 saturated heterocycles. The average Bonchev–Trinajstić information content (AvgIpc) is 2.94. The van der Waals surface area contributed by atoms with Gasteiger partial charge in [-0.05, 0) is 31.0 Å². The molecule has 3 rings (SSSR count). The van der Waals surface area contributed by atoms with Crippen molar-refractivity contribution in [1.29, 1.82) is 0 Å². The first-order valence-corrected chi connectivity index (χ1v) is 7.43. The molecule has 0 atom stereocenters. The third-order valence-electron chi connectivity index (χ3n) is 3.72. The number of rotatable bonds is 3. The summed E-state index contributed by atoms with van der Waals surface area (Å²) in [5.74, 6) is -1.33. The average molecular weight is 353 g/mol. The molecule has 0 radical (unpaired) electrons. The minimum atomic E-state index is -4.66. The van der Waals surface area contributed by atoms with Crippen LogP contribution in [0.1, 0.15) is 22.6 Å². The lowest BCUT2D eigenvalue weighted by molar-refractivity contribution is -0.144. The maximum atomic E-state index is 13.7. The Kier molecular flexibility index (Phi) is 4.09. The predicted octanol–water partition coefficient (Wildman–Crippen LogP) is 3.54. The van der Waals surface area contributed by atoms with Crippen molar-refractivity contribution >= 4 is 11.6 Å². The Labute approximate surface area is 140 Å². The van der Waals surface area contributed by atoms with Gasteiger partial charge in [0.05, 0.1) is 0 Å².